The number of nitrogens with zero attached hydrogens (tertiary/aromatic N) is 1. The molecule has 21 heavy (non-hydrogen) atoms. The molecule has 4 nitrogen and oxygen atoms in total. The van der Waals surface area contributed by atoms with Gasteiger partial charge in [0.1, 0.15) is 0 Å². The first-order chi connectivity index (χ1) is 9.93. The summed E-state index contributed by atoms with van der Waals surface area (Å²) in [5, 5.41) is 3.91. The fourth-order valence-electron chi connectivity index (χ4n) is 1.75. The third-order valence-corrected chi connectivity index (χ3v) is 3.45. The molecule has 114 valence electrons. The van der Waals surface area contributed by atoms with Crippen LogP contribution in [0.4, 0.5) is 0 Å². The van der Waals surface area contributed by atoms with E-state index in [0.717, 1.165) is 5.56 Å². The number of hydrogen-bond acceptors (Lipinski definition) is 2. The Morgan fingerprint density at radius 3 is 2.67 bits per heavy atom. The SMILES string of the molecule is C=CCN(CC(=O)NCCc1ccc(Cl)cc1Cl)C(C)=O. The highest BCUT2D eigenvalue weighted by atomic mass is 35.5. The Morgan fingerprint density at radius 2 is 2.10 bits per heavy atom. The average molecular weight is 329 g/mol. The van der Waals surface area contributed by atoms with E-state index in [-0.39, 0.29) is 18.4 Å². The maximum Gasteiger partial charge on any atom is 0.239 e. The smallest absolute Gasteiger partial charge is 0.239 e. The van der Waals surface area contributed by atoms with Gasteiger partial charge in [-0.1, -0.05) is 35.3 Å². The van der Waals surface area contributed by atoms with Gasteiger partial charge in [-0.25, -0.2) is 0 Å². The van der Waals surface area contributed by atoms with E-state index in [1.54, 1.807) is 18.2 Å². The highest BCUT2D eigenvalue weighted by molar-refractivity contribution is 6.35. The molecule has 0 aliphatic carbocycles. The van der Waals surface area contributed by atoms with Crippen molar-refractivity contribution in [3.05, 3.63) is 46.5 Å². The van der Waals surface area contributed by atoms with E-state index in [2.05, 4.69) is 11.9 Å². The summed E-state index contributed by atoms with van der Waals surface area (Å²) in [6.45, 7) is 5.80. The zero-order valence-corrected chi connectivity index (χ0v) is 13.4. The first-order valence-corrected chi connectivity index (χ1v) is 7.26. The largest absolute Gasteiger partial charge is 0.354 e. The summed E-state index contributed by atoms with van der Waals surface area (Å²) in [6, 6.07) is 5.25. The molecule has 0 heterocycles. The standard InChI is InChI=1S/C15H18Cl2N2O2/c1-3-8-19(11(2)20)10-15(21)18-7-6-12-4-5-13(16)9-14(12)17/h3-5,9H,1,6-8,10H2,2H3,(H,18,21). The average Bonchev–Trinajstić information content (AvgIpc) is 2.40. The molecule has 0 saturated heterocycles. The van der Waals surface area contributed by atoms with Crippen LogP contribution in [0.3, 0.4) is 0 Å². The van der Waals surface area contributed by atoms with Crippen molar-refractivity contribution in [2.45, 2.75) is 13.3 Å². The minimum Gasteiger partial charge on any atom is -0.354 e. The zero-order chi connectivity index (χ0) is 15.8. The predicted octanol–water partition coefficient (Wildman–Crippen LogP) is 2.69. The normalized spacial score (nSPS) is 10.0. The summed E-state index contributed by atoms with van der Waals surface area (Å²) in [5.74, 6) is -0.372. The Hall–Kier alpha value is -1.52. The molecule has 0 radical (unpaired) electrons. The van der Waals surface area contributed by atoms with Crippen molar-refractivity contribution in [3.63, 3.8) is 0 Å². The number of amides is 2. The Kier molecular flexibility index (Phi) is 7.26. The molecule has 0 saturated carbocycles. The number of benzene rings is 1. The van der Waals surface area contributed by atoms with Gasteiger partial charge in [0, 0.05) is 30.1 Å². The first kappa shape index (κ1) is 17.5. The Morgan fingerprint density at radius 1 is 1.38 bits per heavy atom. The van der Waals surface area contributed by atoms with Gasteiger partial charge in [0.25, 0.3) is 0 Å². The minimum absolute atomic E-state index is 0.0235. The summed E-state index contributed by atoms with van der Waals surface area (Å²) < 4.78 is 0. The number of carbonyl (C=O) groups excluding carboxylic acids is 2. The van der Waals surface area contributed by atoms with Crippen LogP contribution >= 0.6 is 23.2 Å². The van der Waals surface area contributed by atoms with Gasteiger partial charge in [-0.05, 0) is 24.1 Å². The minimum atomic E-state index is -0.211. The molecule has 0 aromatic heterocycles. The second kappa shape index (κ2) is 8.70. The lowest BCUT2D eigenvalue weighted by Crippen LogP contribution is -2.40. The number of rotatable bonds is 7. The van der Waals surface area contributed by atoms with Gasteiger partial charge in [0.2, 0.25) is 11.8 Å². The third-order valence-electron chi connectivity index (χ3n) is 2.86. The van der Waals surface area contributed by atoms with Crippen molar-refractivity contribution in [2.75, 3.05) is 19.6 Å². The summed E-state index contributed by atoms with van der Waals surface area (Å²) in [4.78, 5) is 24.5. The van der Waals surface area contributed by atoms with E-state index in [1.807, 2.05) is 6.07 Å². The van der Waals surface area contributed by atoms with Crippen molar-refractivity contribution in [3.8, 4) is 0 Å². The molecule has 0 aliphatic heterocycles. The fourth-order valence-corrected chi connectivity index (χ4v) is 2.25. The lowest BCUT2D eigenvalue weighted by atomic mass is 10.1. The van der Waals surface area contributed by atoms with Gasteiger partial charge in [-0.2, -0.15) is 0 Å². The van der Waals surface area contributed by atoms with Crippen molar-refractivity contribution in [2.24, 2.45) is 0 Å². The van der Waals surface area contributed by atoms with E-state index < -0.39 is 0 Å². The van der Waals surface area contributed by atoms with Crippen LogP contribution in [0.5, 0.6) is 0 Å². The molecule has 1 rings (SSSR count). The van der Waals surface area contributed by atoms with E-state index in [0.29, 0.717) is 29.6 Å². The number of nitrogens with one attached hydrogen (secondary N) is 1. The quantitative estimate of drug-likeness (QED) is 0.782. The number of halogens is 2. The molecular formula is C15H18Cl2N2O2. The third kappa shape index (κ3) is 6.19. The molecule has 1 aromatic rings. The molecule has 6 heteroatoms. The second-order valence-electron chi connectivity index (χ2n) is 4.52. The molecular weight excluding hydrogens is 311 g/mol. The molecule has 1 aromatic carbocycles. The van der Waals surface area contributed by atoms with Crippen LogP contribution < -0.4 is 5.32 Å². The summed E-state index contributed by atoms with van der Waals surface area (Å²) in [7, 11) is 0. The summed E-state index contributed by atoms with van der Waals surface area (Å²) in [6.07, 6.45) is 2.19. The highest BCUT2D eigenvalue weighted by Gasteiger charge is 2.11. The predicted molar refractivity (Wildman–Crippen MR) is 85.6 cm³/mol. The lowest BCUT2D eigenvalue weighted by Gasteiger charge is -2.18. The van der Waals surface area contributed by atoms with Crippen LogP contribution in [0.1, 0.15) is 12.5 Å². The van der Waals surface area contributed by atoms with Gasteiger partial charge >= 0.3 is 0 Å². The molecule has 1 N–H and O–H groups in total. The van der Waals surface area contributed by atoms with Crippen LogP contribution in [0.15, 0.2) is 30.9 Å². The van der Waals surface area contributed by atoms with Gasteiger partial charge in [-0.15, -0.1) is 6.58 Å². The lowest BCUT2D eigenvalue weighted by molar-refractivity contribution is -0.133. The molecule has 0 atom stereocenters. The zero-order valence-electron chi connectivity index (χ0n) is 11.9. The first-order valence-electron chi connectivity index (χ1n) is 6.51. The highest BCUT2D eigenvalue weighted by Crippen LogP contribution is 2.20. The number of hydrogen-bond donors (Lipinski definition) is 1. The monoisotopic (exact) mass is 328 g/mol. The molecule has 2 amide bonds. The van der Waals surface area contributed by atoms with Crippen LogP contribution in [0.2, 0.25) is 10.0 Å². The van der Waals surface area contributed by atoms with Gasteiger partial charge in [0.05, 0.1) is 6.54 Å². The Bertz CT molecular complexity index is 532. The van der Waals surface area contributed by atoms with Crippen molar-refractivity contribution in [1.29, 1.82) is 0 Å². The van der Waals surface area contributed by atoms with Crippen molar-refractivity contribution < 1.29 is 9.59 Å². The van der Waals surface area contributed by atoms with E-state index in [1.165, 1.54) is 11.8 Å². The van der Waals surface area contributed by atoms with Crippen LogP contribution in [-0.4, -0.2) is 36.3 Å². The Balaban J connectivity index is 2.42. The van der Waals surface area contributed by atoms with Gasteiger partial charge < -0.3 is 10.2 Å². The number of carbonyl (C=O) groups is 2. The van der Waals surface area contributed by atoms with Crippen LogP contribution in [0, 0.1) is 0 Å². The summed E-state index contributed by atoms with van der Waals surface area (Å²) >= 11 is 11.9. The van der Waals surface area contributed by atoms with E-state index >= 15 is 0 Å². The van der Waals surface area contributed by atoms with E-state index in [4.69, 9.17) is 23.2 Å². The van der Waals surface area contributed by atoms with Crippen LogP contribution in [0.25, 0.3) is 0 Å². The molecule has 0 unspecified atom stereocenters. The topological polar surface area (TPSA) is 49.4 Å². The summed E-state index contributed by atoms with van der Waals surface area (Å²) in [5.41, 5.74) is 0.913. The van der Waals surface area contributed by atoms with E-state index in [9.17, 15) is 9.59 Å². The van der Waals surface area contributed by atoms with Crippen molar-refractivity contribution in [1.82, 2.24) is 10.2 Å². The maximum atomic E-state index is 11.8. The molecule has 0 aliphatic rings. The second-order valence-corrected chi connectivity index (χ2v) is 5.37. The molecule has 0 fully saturated rings. The molecule has 0 spiro atoms. The van der Waals surface area contributed by atoms with Crippen LogP contribution in [-0.2, 0) is 16.0 Å². The molecule has 0 bridgehead atoms. The van der Waals surface area contributed by atoms with Gasteiger partial charge in [0.15, 0.2) is 0 Å². The van der Waals surface area contributed by atoms with Gasteiger partial charge in [-0.3, -0.25) is 9.59 Å². The fraction of sp³-hybridized carbons (Fsp3) is 0.333. The maximum absolute atomic E-state index is 11.8. The Labute approximate surface area is 134 Å². The van der Waals surface area contributed by atoms with Crippen molar-refractivity contribution >= 4 is 35.0 Å².